The van der Waals surface area contributed by atoms with E-state index in [9.17, 15) is 0 Å². The minimum atomic E-state index is -2.02. The number of rotatable bonds is 5. The van der Waals surface area contributed by atoms with Crippen LogP contribution in [0.5, 0.6) is 0 Å². The Bertz CT molecular complexity index is 224. The van der Waals surface area contributed by atoms with Gasteiger partial charge in [-0.3, -0.25) is 0 Å². The third kappa shape index (κ3) is 3.19. The molecule has 0 nitrogen and oxygen atoms in total. The number of thiocarbonyl (C=S) groups is 1. The molecule has 14 heavy (non-hydrogen) atoms. The molecule has 0 heterocycles. The Hall–Kier alpha value is 0.886. The SMILES string of the molecule is C[CH2][Sn]([CH2]C)([CH2]C)[C](=C=S)[Si](C)(C)C. The monoisotopic (exact) mass is 336 g/mol. The molecule has 3 heteroatoms. The Morgan fingerprint density at radius 2 is 1.43 bits per heavy atom. The molecule has 0 saturated heterocycles. The molecule has 0 rings (SSSR count). The summed E-state index contributed by atoms with van der Waals surface area (Å²) >= 11 is 3.15. The maximum absolute atomic E-state index is 5.17. The maximum atomic E-state index is 5.17. The van der Waals surface area contributed by atoms with Gasteiger partial charge in [0, 0.05) is 0 Å². The third-order valence-corrected chi connectivity index (χ3v) is 30.9. The average Bonchev–Trinajstić information content (AvgIpc) is 2.12. The molecule has 0 aliphatic rings. The Morgan fingerprint density at radius 3 is 1.50 bits per heavy atom. The fourth-order valence-electron chi connectivity index (χ4n) is 2.34. The van der Waals surface area contributed by atoms with Crippen LogP contribution in [0.1, 0.15) is 20.8 Å². The van der Waals surface area contributed by atoms with Crippen LogP contribution in [0.15, 0.2) is 3.21 Å². The standard InChI is InChI=1S/C5H9SSi.3C2H5.Sn/c1-7(2,3)5-4-6;3*1-2;/h1-3H3;3*1H2,2H3;. The predicted octanol–water partition coefficient (Wildman–Crippen LogP) is 4.44. The molecule has 0 atom stereocenters. The first-order valence-corrected chi connectivity index (χ1v) is 17.0. The molecule has 82 valence electrons. The summed E-state index contributed by atoms with van der Waals surface area (Å²) in [6.07, 6.45) is 0. The molecule has 0 N–H and O–H groups in total. The summed E-state index contributed by atoms with van der Waals surface area (Å²) in [5.74, 6) is 0. The van der Waals surface area contributed by atoms with Crippen molar-refractivity contribution in [3.63, 3.8) is 0 Å². The van der Waals surface area contributed by atoms with Gasteiger partial charge < -0.3 is 0 Å². The van der Waals surface area contributed by atoms with Crippen LogP contribution < -0.4 is 0 Å². The first kappa shape index (κ1) is 14.9. The molecular weight excluding hydrogens is 311 g/mol. The quantitative estimate of drug-likeness (QED) is 0.529. The van der Waals surface area contributed by atoms with E-state index in [1.807, 2.05) is 0 Å². The molecular formula is C11H24SSiSn. The molecule has 0 aliphatic heterocycles. The van der Waals surface area contributed by atoms with Crippen LogP contribution in [-0.4, -0.2) is 31.5 Å². The molecule has 0 bridgehead atoms. The average molecular weight is 335 g/mol. The Morgan fingerprint density at radius 1 is 1.07 bits per heavy atom. The fraction of sp³-hybridized carbons (Fsp3) is 0.818. The van der Waals surface area contributed by atoms with Gasteiger partial charge in [0.25, 0.3) is 0 Å². The molecule has 0 aromatic heterocycles. The van der Waals surface area contributed by atoms with E-state index in [1.165, 1.54) is 13.3 Å². The summed E-state index contributed by atoms with van der Waals surface area (Å²) in [5, 5.41) is 3.19. The molecule has 0 unspecified atom stereocenters. The van der Waals surface area contributed by atoms with Crippen LogP contribution in [-0.2, 0) is 0 Å². The number of hydrogen-bond donors (Lipinski definition) is 0. The zero-order valence-corrected chi connectivity index (χ0v) is 15.2. The Labute approximate surface area is 100 Å². The molecule has 0 spiro atoms. The van der Waals surface area contributed by atoms with Crippen molar-refractivity contribution in [3.8, 4) is 0 Å². The van der Waals surface area contributed by atoms with Crippen molar-refractivity contribution in [2.24, 2.45) is 0 Å². The summed E-state index contributed by atoms with van der Waals surface area (Å²) in [6, 6.07) is 0. The number of hydrogen-bond acceptors (Lipinski definition) is 1. The normalized spacial score (nSPS) is 12.4. The van der Waals surface area contributed by atoms with Gasteiger partial charge in [-0.05, 0) is 0 Å². The van der Waals surface area contributed by atoms with Crippen molar-refractivity contribution in [1.29, 1.82) is 0 Å². The summed E-state index contributed by atoms with van der Waals surface area (Å²) in [6.45, 7) is 14.4. The van der Waals surface area contributed by atoms with Gasteiger partial charge in [-0.25, -0.2) is 0 Å². The molecule has 0 saturated carbocycles. The van der Waals surface area contributed by atoms with E-state index in [4.69, 9.17) is 12.2 Å². The second-order valence-electron chi connectivity index (χ2n) is 5.07. The summed E-state index contributed by atoms with van der Waals surface area (Å²) in [7, 11) is -1.19. The molecule has 0 aliphatic carbocycles. The van der Waals surface area contributed by atoms with E-state index in [2.05, 4.69) is 45.4 Å². The van der Waals surface area contributed by atoms with Gasteiger partial charge in [-0.15, -0.1) is 0 Å². The molecule has 0 radical (unpaired) electrons. The minimum absolute atomic E-state index is 1.19. The van der Waals surface area contributed by atoms with E-state index in [0.29, 0.717) is 0 Å². The molecule has 0 aromatic rings. The van der Waals surface area contributed by atoms with Crippen molar-refractivity contribution in [3.05, 3.63) is 3.21 Å². The predicted molar refractivity (Wildman–Crippen MR) is 76.7 cm³/mol. The van der Waals surface area contributed by atoms with Crippen molar-refractivity contribution in [1.82, 2.24) is 0 Å². The van der Waals surface area contributed by atoms with Crippen LogP contribution in [0.25, 0.3) is 0 Å². The van der Waals surface area contributed by atoms with Gasteiger partial charge in [0.2, 0.25) is 0 Å². The van der Waals surface area contributed by atoms with Crippen LogP contribution >= 0.6 is 12.2 Å². The summed E-state index contributed by atoms with van der Waals surface area (Å²) < 4.78 is 5.90. The first-order chi connectivity index (χ1) is 6.37. The van der Waals surface area contributed by atoms with Gasteiger partial charge in [0.15, 0.2) is 0 Å². The van der Waals surface area contributed by atoms with Crippen molar-refractivity contribution in [2.75, 3.05) is 0 Å². The molecule has 0 aromatic carbocycles. The zero-order valence-electron chi connectivity index (χ0n) is 10.5. The van der Waals surface area contributed by atoms with Crippen molar-refractivity contribution >= 4 is 43.7 Å². The zero-order chi connectivity index (χ0) is 11.4. The van der Waals surface area contributed by atoms with Gasteiger partial charge in [-0.1, -0.05) is 0 Å². The van der Waals surface area contributed by atoms with E-state index in [-0.39, 0.29) is 0 Å². The van der Waals surface area contributed by atoms with Crippen molar-refractivity contribution in [2.45, 2.75) is 53.7 Å². The fourth-order valence-corrected chi connectivity index (χ4v) is 31.7. The van der Waals surface area contributed by atoms with Gasteiger partial charge in [-0.2, -0.15) is 0 Å². The van der Waals surface area contributed by atoms with Crippen LogP contribution in [0.2, 0.25) is 33.0 Å². The topological polar surface area (TPSA) is 0 Å². The van der Waals surface area contributed by atoms with Crippen molar-refractivity contribution < 1.29 is 0 Å². The van der Waals surface area contributed by atoms with Gasteiger partial charge in [0.05, 0.1) is 0 Å². The van der Waals surface area contributed by atoms with Crippen LogP contribution in [0.4, 0.5) is 0 Å². The second kappa shape index (κ2) is 5.83. The van der Waals surface area contributed by atoms with E-state index >= 15 is 0 Å². The first-order valence-electron chi connectivity index (χ1n) is 5.64. The second-order valence-corrected chi connectivity index (χ2v) is 26.5. The van der Waals surface area contributed by atoms with Gasteiger partial charge in [0.1, 0.15) is 0 Å². The Balaban J connectivity index is 5.29. The molecule has 0 fully saturated rings. The van der Waals surface area contributed by atoms with Gasteiger partial charge >= 0.3 is 101 Å². The van der Waals surface area contributed by atoms with Crippen LogP contribution in [0, 0.1) is 0 Å². The van der Waals surface area contributed by atoms with E-state index < -0.39 is 26.5 Å². The third-order valence-electron chi connectivity index (χ3n) is 3.41. The summed E-state index contributed by atoms with van der Waals surface area (Å²) in [5.41, 5.74) is 0. The van der Waals surface area contributed by atoms with E-state index in [0.717, 1.165) is 0 Å². The Kier molecular flexibility index (Phi) is 6.20. The van der Waals surface area contributed by atoms with Crippen LogP contribution in [0.3, 0.4) is 0 Å². The summed E-state index contributed by atoms with van der Waals surface area (Å²) in [4.78, 5) is 0. The molecule has 0 amide bonds. The van der Waals surface area contributed by atoms with E-state index in [1.54, 1.807) is 3.21 Å².